The molecule has 0 saturated carbocycles. The molecule has 6 nitrogen and oxygen atoms in total. The molecule has 0 radical (unpaired) electrons. The van der Waals surface area contributed by atoms with Crippen LogP contribution < -0.4 is 4.90 Å². The lowest BCUT2D eigenvalue weighted by atomic mass is 10.0. The second-order valence-electron chi connectivity index (χ2n) is 7.84. The zero-order valence-corrected chi connectivity index (χ0v) is 17.4. The van der Waals surface area contributed by atoms with Crippen molar-refractivity contribution in [1.29, 1.82) is 0 Å². The van der Waals surface area contributed by atoms with Crippen LogP contribution in [0.25, 0.3) is 0 Å². The minimum atomic E-state index is 0.0611. The Kier molecular flexibility index (Phi) is 5.60. The van der Waals surface area contributed by atoms with E-state index in [9.17, 15) is 4.79 Å². The van der Waals surface area contributed by atoms with E-state index in [-0.39, 0.29) is 5.91 Å². The van der Waals surface area contributed by atoms with E-state index in [0.717, 1.165) is 62.8 Å². The van der Waals surface area contributed by atoms with Gasteiger partial charge in [0, 0.05) is 68.8 Å². The maximum Gasteiger partial charge on any atom is 0.274 e. The molecule has 2 fully saturated rings. The molecular weight excluding hydrogens is 374 g/mol. The molecule has 0 unspecified atom stereocenters. The summed E-state index contributed by atoms with van der Waals surface area (Å²) in [7, 11) is 1.88. The Bertz CT molecular complexity index is 824. The highest BCUT2D eigenvalue weighted by Crippen LogP contribution is 2.23. The summed E-state index contributed by atoms with van der Waals surface area (Å²) >= 11 is 6.14. The minimum absolute atomic E-state index is 0.0611. The number of carbonyl (C=O) groups excluding carboxylic acids is 1. The Balaban J connectivity index is 1.36. The fourth-order valence-electron chi connectivity index (χ4n) is 4.28. The van der Waals surface area contributed by atoms with Crippen LogP contribution in [0, 0.1) is 6.92 Å². The number of nitrogens with zero attached hydrogens (tertiary/aromatic N) is 5. The number of piperazine rings is 1. The number of halogens is 1. The van der Waals surface area contributed by atoms with Gasteiger partial charge in [-0.3, -0.25) is 14.4 Å². The van der Waals surface area contributed by atoms with Crippen molar-refractivity contribution >= 4 is 23.2 Å². The summed E-state index contributed by atoms with van der Waals surface area (Å²) in [6, 6.07) is 10.4. The number of carbonyl (C=O) groups is 1. The molecule has 0 bridgehead atoms. The second kappa shape index (κ2) is 8.13. The van der Waals surface area contributed by atoms with Crippen LogP contribution in [0.5, 0.6) is 0 Å². The fraction of sp³-hybridized carbons (Fsp3) is 0.524. The largest absolute Gasteiger partial charge is 0.369 e. The van der Waals surface area contributed by atoms with Crippen LogP contribution in [-0.4, -0.2) is 70.8 Å². The maximum absolute atomic E-state index is 12.9. The summed E-state index contributed by atoms with van der Waals surface area (Å²) in [5, 5.41) is 5.15. The lowest BCUT2D eigenvalue weighted by molar-refractivity contribution is 0.0557. The van der Waals surface area contributed by atoms with Crippen LogP contribution in [0.4, 0.5) is 5.69 Å². The smallest absolute Gasteiger partial charge is 0.274 e. The average Bonchev–Trinajstić information content (AvgIpc) is 3.06. The topological polar surface area (TPSA) is 44.6 Å². The van der Waals surface area contributed by atoms with Crippen molar-refractivity contribution in [3.8, 4) is 0 Å². The molecule has 0 aliphatic carbocycles. The second-order valence-corrected chi connectivity index (χ2v) is 8.28. The Hall–Kier alpha value is -2.05. The zero-order chi connectivity index (χ0) is 19.7. The van der Waals surface area contributed by atoms with Gasteiger partial charge in [0.05, 0.1) is 0 Å². The van der Waals surface area contributed by atoms with Crippen LogP contribution in [-0.2, 0) is 7.05 Å². The third-order valence-corrected chi connectivity index (χ3v) is 6.26. The number of aryl methyl sites for hydroxylation is 2. The molecule has 1 atom stereocenters. The van der Waals surface area contributed by atoms with E-state index in [1.807, 2.05) is 43.1 Å². The van der Waals surface area contributed by atoms with E-state index >= 15 is 0 Å². The van der Waals surface area contributed by atoms with Crippen LogP contribution in [0.15, 0.2) is 30.3 Å². The normalized spacial score (nSPS) is 21.2. The summed E-state index contributed by atoms with van der Waals surface area (Å²) in [6.45, 7) is 7.61. The van der Waals surface area contributed by atoms with Crippen molar-refractivity contribution in [1.82, 2.24) is 19.6 Å². The van der Waals surface area contributed by atoms with E-state index in [0.29, 0.717) is 11.7 Å². The van der Waals surface area contributed by atoms with Gasteiger partial charge in [0.1, 0.15) is 0 Å². The van der Waals surface area contributed by atoms with Crippen molar-refractivity contribution in [3.05, 3.63) is 46.7 Å². The average molecular weight is 402 g/mol. The SMILES string of the molecule is Cc1cc(C(=O)N2CCC[C@H](N3CCN(c4cccc(Cl)c4)CC3)C2)nn1C. The molecule has 4 rings (SSSR count). The highest BCUT2D eigenvalue weighted by atomic mass is 35.5. The van der Waals surface area contributed by atoms with Gasteiger partial charge < -0.3 is 9.80 Å². The maximum atomic E-state index is 12.9. The van der Waals surface area contributed by atoms with Crippen molar-refractivity contribution in [2.45, 2.75) is 25.8 Å². The third kappa shape index (κ3) is 4.03. The summed E-state index contributed by atoms with van der Waals surface area (Å²) < 4.78 is 1.77. The molecule has 2 aromatic rings. The highest BCUT2D eigenvalue weighted by Gasteiger charge is 2.31. The highest BCUT2D eigenvalue weighted by molar-refractivity contribution is 6.30. The van der Waals surface area contributed by atoms with Crippen molar-refractivity contribution in [3.63, 3.8) is 0 Å². The molecular formula is C21H28ClN5O. The Morgan fingerprint density at radius 3 is 2.61 bits per heavy atom. The number of piperidine rings is 1. The zero-order valence-electron chi connectivity index (χ0n) is 16.6. The third-order valence-electron chi connectivity index (χ3n) is 6.02. The molecule has 0 N–H and O–H groups in total. The molecule has 3 heterocycles. The number of anilines is 1. The number of aromatic nitrogens is 2. The number of likely N-dealkylation sites (tertiary alicyclic amines) is 1. The van der Waals surface area contributed by atoms with E-state index < -0.39 is 0 Å². The molecule has 2 aliphatic heterocycles. The molecule has 2 saturated heterocycles. The molecule has 28 heavy (non-hydrogen) atoms. The van der Waals surface area contributed by atoms with E-state index in [1.54, 1.807) is 4.68 Å². The van der Waals surface area contributed by atoms with Gasteiger partial charge in [0.25, 0.3) is 5.91 Å². The predicted octanol–water partition coefficient (Wildman–Crippen LogP) is 2.81. The minimum Gasteiger partial charge on any atom is -0.369 e. The van der Waals surface area contributed by atoms with Gasteiger partial charge in [-0.2, -0.15) is 5.10 Å². The quantitative estimate of drug-likeness (QED) is 0.793. The first kappa shape index (κ1) is 19.3. The van der Waals surface area contributed by atoms with Gasteiger partial charge in [0.15, 0.2) is 5.69 Å². The van der Waals surface area contributed by atoms with Crippen LogP contribution in [0.2, 0.25) is 5.02 Å². The lowest BCUT2D eigenvalue weighted by Crippen LogP contribution is -2.55. The van der Waals surface area contributed by atoms with E-state index in [2.05, 4.69) is 21.0 Å². The van der Waals surface area contributed by atoms with Gasteiger partial charge in [-0.25, -0.2) is 0 Å². The monoisotopic (exact) mass is 401 g/mol. The first-order chi connectivity index (χ1) is 13.5. The molecule has 0 spiro atoms. The van der Waals surface area contributed by atoms with Crippen molar-refractivity contribution in [2.24, 2.45) is 7.05 Å². The van der Waals surface area contributed by atoms with E-state index in [4.69, 9.17) is 11.6 Å². The Morgan fingerprint density at radius 1 is 1.14 bits per heavy atom. The van der Waals surface area contributed by atoms with Gasteiger partial charge in [-0.1, -0.05) is 17.7 Å². The number of hydrogen-bond acceptors (Lipinski definition) is 4. The predicted molar refractivity (Wildman–Crippen MR) is 112 cm³/mol. The number of hydrogen-bond donors (Lipinski definition) is 0. The lowest BCUT2D eigenvalue weighted by Gasteiger charge is -2.43. The first-order valence-electron chi connectivity index (χ1n) is 10.1. The summed E-state index contributed by atoms with van der Waals surface area (Å²) in [5.74, 6) is 0.0611. The summed E-state index contributed by atoms with van der Waals surface area (Å²) in [6.07, 6.45) is 2.21. The van der Waals surface area contributed by atoms with Gasteiger partial charge in [0.2, 0.25) is 0 Å². The molecule has 150 valence electrons. The molecule has 2 aliphatic rings. The molecule has 1 aromatic heterocycles. The van der Waals surface area contributed by atoms with Crippen molar-refractivity contribution < 1.29 is 4.79 Å². The van der Waals surface area contributed by atoms with Crippen LogP contribution in [0.1, 0.15) is 29.0 Å². The number of rotatable bonds is 3. The fourth-order valence-corrected chi connectivity index (χ4v) is 4.47. The van der Waals surface area contributed by atoms with Gasteiger partial charge in [-0.15, -0.1) is 0 Å². The van der Waals surface area contributed by atoms with Crippen LogP contribution in [0.3, 0.4) is 0 Å². The van der Waals surface area contributed by atoms with Gasteiger partial charge >= 0.3 is 0 Å². The van der Waals surface area contributed by atoms with Crippen LogP contribution >= 0.6 is 11.6 Å². The Morgan fingerprint density at radius 2 is 1.93 bits per heavy atom. The first-order valence-corrected chi connectivity index (χ1v) is 10.4. The standard InChI is InChI=1S/C21H28ClN5O/c1-16-13-20(23-24(16)2)21(28)27-8-4-7-19(15-27)26-11-9-25(10-12-26)18-6-3-5-17(22)14-18/h3,5-6,13-14,19H,4,7-12,15H2,1-2H3/t19-/m0/s1. The molecule has 7 heteroatoms. The van der Waals surface area contributed by atoms with Crippen molar-refractivity contribution in [2.75, 3.05) is 44.2 Å². The number of amides is 1. The summed E-state index contributed by atoms with van der Waals surface area (Å²) in [5.41, 5.74) is 2.76. The van der Waals surface area contributed by atoms with Gasteiger partial charge in [-0.05, 0) is 44.0 Å². The molecule has 1 aromatic carbocycles. The summed E-state index contributed by atoms with van der Waals surface area (Å²) in [4.78, 5) is 19.8. The Labute approximate surface area is 171 Å². The number of benzene rings is 1. The molecule has 1 amide bonds. The van der Waals surface area contributed by atoms with E-state index in [1.165, 1.54) is 5.69 Å².